The van der Waals surface area contributed by atoms with E-state index in [0.717, 1.165) is 36.7 Å². The Bertz CT molecular complexity index is 1280. The zero-order valence-electron chi connectivity index (χ0n) is 17.7. The molecule has 1 aromatic carbocycles. The van der Waals surface area contributed by atoms with Crippen molar-refractivity contribution in [3.8, 4) is 0 Å². The first-order valence-corrected chi connectivity index (χ1v) is 11.2. The molecule has 1 aliphatic rings. The lowest BCUT2D eigenvalue weighted by atomic mass is 10.1. The lowest BCUT2D eigenvalue weighted by Gasteiger charge is -2.26. The van der Waals surface area contributed by atoms with E-state index in [1.165, 1.54) is 29.1 Å². The van der Waals surface area contributed by atoms with Crippen molar-refractivity contribution in [3.63, 3.8) is 0 Å². The number of aromatic nitrogens is 2. The minimum atomic E-state index is -4.63. The number of rotatable bonds is 4. The van der Waals surface area contributed by atoms with E-state index >= 15 is 0 Å². The third-order valence-corrected chi connectivity index (χ3v) is 6.82. The van der Waals surface area contributed by atoms with E-state index in [2.05, 4.69) is 10.3 Å². The monoisotopic (exact) mass is 478 g/mol. The van der Waals surface area contributed by atoms with E-state index in [4.69, 9.17) is 0 Å². The summed E-state index contributed by atoms with van der Waals surface area (Å²) in [7, 11) is 0. The van der Waals surface area contributed by atoms with Gasteiger partial charge in [-0.1, -0.05) is 12.1 Å². The fraction of sp³-hybridized carbons (Fsp3) is 0.364. The second kappa shape index (κ2) is 8.97. The summed E-state index contributed by atoms with van der Waals surface area (Å²) in [6, 6.07) is 4.68. The van der Waals surface area contributed by atoms with Gasteiger partial charge in [-0.15, -0.1) is 11.3 Å². The molecule has 2 aromatic heterocycles. The predicted octanol–water partition coefficient (Wildman–Crippen LogP) is 4.05. The van der Waals surface area contributed by atoms with Crippen molar-refractivity contribution in [2.24, 2.45) is 0 Å². The Morgan fingerprint density at radius 3 is 2.55 bits per heavy atom. The topological polar surface area (TPSA) is 84.3 Å². The second-order valence-corrected chi connectivity index (χ2v) is 8.85. The van der Waals surface area contributed by atoms with Crippen LogP contribution in [-0.2, 0) is 17.5 Å². The first-order valence-electron chi connectivity index (χ1n) is 10.4. The van der Waals surface area contributed by atoms with Crippen LogP contribution >= 0.6 is 11.3 Å². The van der Waals surface area contributed by atoms with Crippen LogP contribution in [0.4, 0.5) is 18.9 Å². The summed E-state index contributed by atoms with van der Waals surface area (Å²) in [6.07, 6.45) is -0.434. The number of para-hydroxylation sites is 1. The van der Waals surface area contributed by atoms with Gasteiger partial charge in [0, 0.05) is 13.1 Å². The highest BCUT2D eigenvalue weighted by molar-refractivity contribution is 7.20. The first kappa shape index (κ1) is 23.0. The minimum Gasteiger partial charge on any atom is -0.341 e. The number of nitrogens with zero attached hydrogens (tertiary/aromatic N) is 3. The lowest BCUT2D eigenvalue weighted by molar-refractivity contribution is -0.137. The van der Waals surface area contributed by atoms with Crippen molar-refractivity contribution < 1.29 is 22.8 Å². The molecule has 3 aromatic rings. The minimum absolute atomic E-state index is 0.0895. The molecule has 1 N–H and O–H groups in total. The van der Waals surface area contributed by atoms with Gasteiger partial charge in [0.2, 0.25) is 5.91 Å². The fourth-order valence-corrected chi connectivity index (χ4v) is 4.93. The Hall–Kier alpha value is -3.21. The van der Waals surface area contributed by atoms with E-state index in [0.29, 0.717) is 18.7 Å². The van der Waals surface area contributed by atoms with Crippen molar-refractivity contribution >= 4 is 39.1 Å². The smallest absolute Gasteiger partial charge is 0.341 e. The number of carbonyl (C=O) groups excluding carboxylic acids is 2. The van der Waals surface area contributed by atoms with E-state index in [1.807, 2.05) is 0 Å². The molecule has 33 heavy (non-hydrogen) atoms. The Morgan fingerprint density at radius 1 is 1.15 bits per heavy atom. The maximum Gasteiger partial charge on any atom is 0.418 e. The number of benzene rings is 1. The van der Waals surface area contributed by atoms with Gasteiger partial charge in [0.05, 0.1) is 27.8 Å². The van der Waals surface area contributed by atoms with Crippen LogP contribution in [0.3, 0.4) is 0 Å². The largest absolute Gasteiger partial charge is 0.418 e. The number of halogens is 3. The average Bonchev–Trinajstić information content (AvgIpc) is 3.13. The van der Waals surface area contributed by atoms with Crippen LogP contribution in [0, 0.1) is 6.92 Å². The quantitative estimate of drug-likeness (QED) is 0.613. The number of alkyl halides is 3. The summed E-state index contributed by atoms with van der Waals surface area (Å²) in [5.74, 6) is -0.935. The molecule has 0 saturated carbocycles. The van der Waals surface area contributed by atoms with Crippen molar-refractivity contribution in [1.29, 1.82) is 0 Å². The van der Waals surface area contributed by atoms with Crippen LogP contribution in [0.1, 0.15) is 40.1 Å². The second-order valence-electron chi connectivity index (χ2n) is 7.85. The highest BCUT2D eigenvalue weighted by Gasteiger charge is 2.34. The maximum absolute atomic E-state index is 13.3. The van der Waals surface area contributed by atoms with Gasteiger partial charge in [-0.05, 0) is 43.9 Å². The molecule has 11 heteroatoms. The molecule has 7 nitrogen and oxygen atoms in total. The number of carbonyl (C=O) groups is 2. The number of piperidine rings is 1. The molecule has 0 bridgehead atoms. The highest BCUT2D eigenvalue weighted by atomic mass is 32.1. The summed E-state index contributed by atoms with van der Waals surface area (Å²) in [6.45, 7) is 2.70. The average molecular weight is 478 g/mol. The number of thiophene rings is 1. The molecule has 3 heterocycles. The van der Waals surface area contributed by atoms with Gasteiger partial charge in [0.25, 0.3) is 11.5 Å². The van der Waals surface area contributed by atoms with Crippen molar-refractivity contribution in [1.82, 2.24) is 14.5 Å². The molecule has 0 aliphatic carbocycles. The Morgan fingerprint density at radius 2 is 1.85 bits per heavy atom. The summed E-state index contributed by atoms with van der Waals surface area (Å²) in [5, 5.41) is 2.48. The van der Waals surface area contributed by atoms with Crippen LogP contribution < -0.4 is 10.9 Å². The van der Waals surface area contributed by atoms with E-state index in [1.54, 1.807) is 11.8 Å². The summed E-state index contributed by atoms with van der Waals surface area (Å²) >= 11 is 0.921. The SMILES string of the molecule is Cc1c(C(=O)Nc2ccccc2C(F)(F)F)sc2ncn(CC(=O)N3CCCCC3)c(=O)c12. The molecular weight excluding hydrogens is 457 g/mol. The van der Waals surface area contributed by atoms with Crippen molar-refractivity contribution in [2.75, 3.05) is 18.4 Å². The van der Waals surface area contributed by atoms with E-state index in [9.17, 15) is 27.6 Å². The van der Waals surface area contributed by atoms with Crippen molar-refractivity contribution in [2.45, 2.75) is 38.9 Å². The lowest BCUT2D eigenvalue weighted by Crippen LogP contribution is -2.39. The van der Waals surface area contributed by atoms with Gasteiger partial charge in [-0.3, -0.25) is 19.0 Å². The van der Waals surface area contributed by atoms with Crippen LogP contribution in [0.25, 0.3) is 10.2 Å². The van der Waals surface area contributed by atoms with Gasteiger partial charge in [-0.2, -0.15) is 13.2 Å². The van der Waals surface area contributed by atoms with Crippen LogP contribution in [0.2, 0.25) is 0 Å². The number of fused-ring (bicyclic) bond motifs is 1. The van der Waals surface area contributed by atoms with E-state index < -0.39 is 23.2 Å². The molecular formula is C22H21F3N4O3S. The van der Waals surface area contributed by atoms with Crippen LogP contribution in [-0.4, -0.2) is 39.4 Å². The standard InChI is InChI=1S/C22H21F3N4O3S/c1-13-17-20(26-12-29(21(17)32)11-16(30)28-9-5-2-6-10-28)33-18(13)19(31)27-15-8-4-3-7-14(15)22(23,24)25/h3-4,7-8,12H,2,5-6,9-11H2,1H3,(H,27,31). The van der Waals surface area contributed by atoms with Gasteiger partial charge >= 0.3 is 6.18 Å². The molecule has 174 valence electrons. The van der Waals surface area contributed by atoms with Gasteiger partial charge in [0.1, 0.15) is 11.4 Å². The molecule has 0 radical (unpaired) electrons. The van der Waals surface area contributed by atoms with Gasteiger partial charge in [0.15, 0.2) is 0 Å². The Kier molecular flexibility index (Phi) is 6.24. The summed E-state index contributed by atoms with van der Waals surface area (Å²) < 4.78 is 41.0. The normalized spacial score (nSPS) is 14.5. The fourth-order valence-electron chi connectivity index (χ4n) is 3.90. The number of hydrogen-bond donors (Lipinski definition) is 1. The van der Waals surface area contributed by atoms with Gasteiger partial charge < -0.3 is 10.2 Å². The number of likely N-dealkylation sites (tertiary alicyclic amines) is 1. The maximum atomic E-state index is 13.3. The molecule has 1 fully saturated rings. The van der Waals surface area contributed by atoms with Gasteiger partial charge in [-0.25, -0.2) is 4.98 Å². The summed E-state index contributed by atoms with van der Waals surface area (Å²) in [5.41, 5.74) is -1.48. The molecule has 2 amide bonds. The zero-order valence-corrected chi connectivity index (χ0v) is 18.6. The molecule has 0 spiro atoms. The number of nitrogens with one attached hydrogen (secondary N) is 1. The third-order valence-electron chi connectivity index (χ3n) is 5.62. The zero-order chi connectivity index (χ0) is 23.8. The van der Waals surface area contributed by atoms with E-state index in [-0.39, 0.29) is 33.2 Å². The van der Waals surface area contributed by atoms with Crippen LogP contribution in [0.15, 0.2) is 35.4 Å². The van der Waals surface area contributed by atoms with Crippen molar-refractivity contribution in [3.05, 3.63) is 57.0 Å². The molecule has 4 rings (SSSR count). The first-order chi connectivity index (χ1) is 15.7. The third kappa shape index (κ3) is 4.63. The molecule has 1 saturated heterocycles. The Balaban J connectivity index is 1.62. The molecule has 0 atom stereocenters. The number of aryl methyl sites for hydroxylation is 1. The summed E-state index contributed by atoms with van der Waals surface area (Å²) in [4.78, 5) is 44.7. The number of hydrogen-bond acceptors (Lipinski definition) is 5. The molecule has 0 unspecified atom stereocenters. The molecule has 1 aliphatic heterocycles. The predicted molar refractivity (Wildman–Crippen MR) is 118 cm³/mol. The number of amides is 2. The highest BCUT2D eigenvalue weighted by Crippen LogP contribution is 2.35. The number of anilines is 1. The van der Waals surface area contributed by atoms with Crippen LogP contribution in [0.5, 0.6) is 0 Å². The Labute approximate surface area is 190 Å².